The first-order valence-corrected chi connectivity index (χ1v) is 6.82. The molecule has 0 saturated heterocycles. The van der Waals surface area contributed by atoms with Crippen LogP contribution >= 0.6 is 0 Å². The minimum atomic E-state index is -0.0833. The van der Waals surface area contributed by atoms with Crippen molar-refractivity contribution in [3.63, 3.8) is 0 Å². The number of fused-ring (bicyclic) bond motifs is 1. The van der Waals surface area contributed by atoms with Crippen molar-refractivity contribution in [1.82, 2.24) is 10.1 Å². The number of hydrogen-bond donors (Lipinski definition) is 0. The number of carbonyl (C=O) groups excluding carboxylic acids is 1. The summed E-state index contributed by atoms with van der Waals surface area (Å²) in [5, 5.41) is 4.02. The summed E-state index contributed by atoms with van der Waals surface area (Å²) < 4.78 is 15.6. The van der Waals surface area contributed by atoms with E-state index in [9.17, 15) is 4.79 Å². The topological polar surface area (TPSA) is 74.5 Å². The molecule has 0 spiro atoms. The van der Waals surface area contributed by atoms with Crippen LogP contribution in [0.15, 0.2) is 28.8 Å². The smallest absolute Gasteiger partial charge is 0.234 e. The van der Waals surface area contributed by atoms with Crippen LogP contribution in [0.1, 0.15) is 29.6 Å². The first-order valence-electron chi connectivity index (χ1n) is 6.82. The van der Waals surface area contributed by atoms with E-state index in [1.165, 1.54) is 7.11 Å². The second-order valence-electron chi connectivity index (χ2n) is 4.92. The third kappa shape index (κ3) is 2.95. The number of benzene rings is 1. The van der Waals surface area contributed by atoms with Crippen LogP contribution in [0.5, 0.6) is 5.75 Å². The Labute approximate surface area is 122 Å². The van der Waals surface area contributed by atoms with Crippen molar-refractivity contribution in [3.8, 4) is 5.75 Å². The summed E-state index contributed by atoms with van der Waals surface area (Å²) in [7, 11) is 1.48. The standard InChI is InChI=1S/C15H16N2O4/c1-19-9-10(18)8-14-16-15(17-21-14)12-6-7-20-13-5-3-2-4-11(12)13/h2-5,12H,6-9H2,1H3. The normalized spacial score (nSPS) is 17.1. The van der Waals surface area contributed by atoms with Gasteiger partial charge >= 0.3 is 0 Å². The van der Waals surface area contributed by atoms with Crippen molar-refractivity contribution in [2.45, 2.75) is 18.8 Å². The molecule has 6 heteroatoms. The predicted molar refractivity (Wildman–Crippen MR) is 73.3 cm³/mol. The Morgan fingerprint density at radius 3 is 3.14 bits per heavy atom. The second-order valence-corrected chi connectivity index (χ2v) is 4.92. The number of methoxy groups -OCH3 is 1. The van der Waals surface area contributed by atoms with Gasteiger partial charge in [0.05, 0.1) is 18.9 Å². The molecule has 1 unspecified atom stereocenters. The highest BCUT2D eigenvalue weighted by molar-refractivity contribution is 5.81. The highest BCUT2D eigenvalue weighted by atomic mass is 16.5. The molecule has 3 rings (SSSR count). The van der Waals surface area contributed by atoms with Crippen molar-refractivity contribution in [2.24, 2.45) is 0 Å². The summed E-state index contributed by atoms with van der Waals surface area (Å²) in [6.45, 7) is 0.673. The van der Waals surface area contributed by atoms with Crippen LogP contribution in [0.25, 0.3) is 0 Å². The maximum atomic E-state index is 11.5. The summed E-state index contributed by atoms with van der Waals surface area (Å²) in [4.78, 5) is 15.9. The van der Waals surface area contributed by atoms with E-state index >= 15 is 0 Å². The van der Waals surface area contributed by atoms with E-state index in [-0.39, 0.29) is 24.7 Å². The molecule has 1 aromatic heterocycles. The lowest BCUT2D eigenvalue weighted by Gasteiger charge is -2.23. The van der Waals surface area contributed by atoms with E-state index in [2.05, 4.69) is 10.1 Å². The Balaban J connectivity index is 1.79. The van der Waals surface area contributed by atoms with Crippen molar-refractivity contribution >= 4 is 5.78 Å². The monoisotopic (exact) mass is 288 g/mol. The number of carbonyl (C=O) groups is 1. The van der Waals surface area contributed by atoms with Gasteiger partial charge in [0.1, 0.15) is 12.4 Å². The number of nitrogens with zero attached hydrogens (tertiary/aromatic N) is 2. The van der Waals surface area contributed by atoms with E-state index in [1.807, 2.05) is 24.3 Å². The summed E-state index contributed by atoms with van der Waals surface area (Å²) in [6, 6.07) is 7.84. The van der Waals surface area contributed by atoms with Crippen LogP contribution in [-0.2, 0) is 16.0 Å². The second kappa shape index (κ2) is 6.05. The van der Waals surface area contributed by atoms with Crippen LogP contribution < -0.4 is 4.74 Å². The molecule has 0 aliphatic carbocycles. The lowest BCUT2D eigenvalue weighted by atomic mass is 9.92. The van der Waals surface area contributed by atoms with Gasteiger partial charge in [0, 0.05) is 12.7 Å². The Morgan fingerprint density at radius 1 is 1.43 bits per heavy atom. The van der Waals surface area contributed by atoms with Crippen LogP contribution in [0.3, 0.4) is 0 Å². The number of para-hydroxylation sites is 1. The molecule has 0 bridgehead atoms. The van der Waals surface area contributed by atoms with Crippen LogP contribution in [0.2, 0.25) is 0 Å². The van der Waals surface area contributed by atoms with Crippen LogP contribution in [0, 0.1) is 0 Å². The van der Waals surface area contributed by atoms with E-state index in [0.717, 1.165) is 17.7 Å². The molecule has 0 fully saturated rings. The largest absolute Gasteiger partial charge is 0.493 e. The number of rotatable bonds is 5. The lowest BCUT2D eigenvalue weighted by Crippen LogP contribution is -2.16. The Kier molecular flexibility index (Phi) is 3.96. The first kappa shape index (κ1) is 13.8. The van der Waals surface area contributed by atoms with Gasteiger partial charge in [0.25, 0.3) is 0 Å². The quantitative estimate of drug-likeness (QED) is 0.834. The third-order valence-electron chi connectivity index (χ3n) is 3.41. The number of ether oxygens (including phenoxy) is 2. The predicted octanol–water partition coefficient (Wildman–Crippen LogP) is 1.74. The van der Waals surface area contributed by atoms with Gasteiger partial charge in [-0.1, -0.05) is 23.4 Å². The molecule has 110 valence electrons. The molecule has 1 aliphatic rings. The highest BCUT2D eigenvalue weighted by Crippen LogP contribution is 2.36. The zero-order valence-corrected chi connectivity index (χ0v) is 11.7. The average molecular weight is 288 g/mol. The van der Waals surface area contributed by atoms with Crippen molar-refractivity contribution in [2.75, 3.05) is 20.3 Å². The van der Waals surface area contributed by atoms with Crippen molar-refractivity contribution in [1.29, 1.82) is 0 Å². The molecule has 2 heterocycles. The number of hydrogen-bond acceptors (Lipinski definition) is 6. The minimum Gasteiger partial charge on any atom is -0.493 e. The maximum Gasteiger partial charge on any atom is 0.234 e. The zero-order chi connectivity index (χ0) is 14.7. The summed E-state index contributed by atoms with van der Waals surface area (Å²) in [5.74, 6) is 1.75. The van der Waals surface area contributed by atoms with Gasteiger partial charge in [-0.25, -0.2) is 0 Å². The van der Waals surface area contributed by atoms with Crippen molar-refractivity contribution < 1.29 is 18.8 Å². The van der Waals surface area contributed by atoms with E-state index in [0.29, 0.717) is 18.3 Å². The fourth-order valence-corrected chi connectivity index (χ4v) is 2.47. The molecular formula is C15H16N2O4. The molecule has 1 aromatic carbocycles. The molecule has 0 N–H and O–H groups in total. The summed E-state index contributed by atoms with van der Waals surface area (Å²) >= 11 is 0. The first-order chi connectivity index (χ1) is 10.3. The lowest BCUT2D eigenvalue weighted by molar-refractivity contribution is -0.122. The van der Waals surface area contributed by atoms with Crippen LogP contribution in [-0.4, -0.2) is 36.2 Å². The van der Waals surface area contributed by atoms with Crippen molar-refractivity contribution in [3.05, 3.63) is 41.5 Å². The Bertz CT molecular complexity index is 638. The van der Waals surface area contributed by atoms with Gasteiger partial charge in [-0.05, 0) is 12.5 Å². The molecule has 21 heavy (non-hydrogen) atoms. The third-order valence-corrected chi connectivity index (χ3v) is 3.41. The van der Waals surface area contributed by atoms with Gasteiger partial charge in [0.2, 0.25) is 5.89 Å². The number of Topliss-reactive ketones (excluding diaryl/α,β-unsaturated/α-hetero) is 1. The molecular weight excluding hydrogens is 272 g/mol. The molecule has 2 aromatic rings. The fourth-order valence-electron chi connectivity index (χ4n) is 2.47. The average Bonchev–Trinajstić information content (AvgIpc) is 2.95. The van der Waals surface area contributed by atoms with Crippen LogP contribution in [0.4, 0.5) is 0 Å². The number of aromatic nitrogens is 2. The summed E-state index contributed by atoms with van der Waals surface area (Å²) in [5.41, 5.74) is 1.05. The van der Waals surface area contributed by atoms with Gasteiger partial charge < -0.3 is 14.0 Å². The SMILES string of the molecule is COCC(=O)Cc1nc(C2CCOc3ccccc32)no1. The van der Waals surface area contributed by atoms with Gasteiger partial charge in [0.15, 0.2) is 11.6 Å². The molecule has 0 saturated carbocycles. The Hall–Kier alpha value is -2.21. The van der Waals surface area contributed by atoms with Gasteiger partial charge in [-0.3, -0.25) is 4.79 Å². The van der Waals surface area contributed by atoms with Gasteiger partial charge in [-0.2, -0.15) is 4.98 Å². The molecule has 0 amide bonds. The molecule has 1 aliphatic heterocycles. The van der Waals surface area contributed by atoms with Gasteiger partial charge in [-0.15, -0.1) is 0 Å². The van der Waals surface area contributed by atoms with E-state index in [4.69, 9.17) is 14.0 Å². The Morgan fingerprint density at radius 2 is 2.29 bits per heavy atom. The molecule has 1 atom stereocenters. The highest BCUT2D eigenvalue weighted by Gasteiger charge is 2.27. The number of ketones is 1. The maximum absolute atomic E-state index is 11.5. The van der Waals surface area contributed by atoms with E-state index in [1.54, 1.807) is 0 Å². The molecule has 6 nitrogen and oxygen atoms in total. The fraction of sp³-hybridized carbons (Fsp3) is 0.400. The summed E-state index contributed by atoms with van der Waals surface area (Å²) in [6.07, 6.45) is 0.897. The zero-order valence-electron chi connectivity index (χ0n) is 11.7. The van der Waals surface area contributed by atoms with E-state index < -0.39 is 0 Å². The molecule has 0 radical (unpaired) electrons. The minimum absolute atomic E-state index is 0.0463.